The largest absolute Gasteiger partial charge is 0.506 e. The van der Waals surface area contributed by atoms with E-state index >= 15 is 0 Å². The Morgan fingerprint density at radius 2 is 1.65 bits per heavy atom. The van der Waals surface area contributed by atoms with Crippen LogP contribution in [-0.2, 0) is 20.1 Å². The molecule has 0 atom stereocenters. The molecule has 0 unspecified atom stereocenters. The van der Waals surface area contributed by atoms with E-state index < -0.39 is 11.6 Å². The molecule has 1 radical (unpaired) electrons. The molecule has 2 heterocycles. The van der Waals surface area contributed by atoms with Gasteiger partial charge in [0.1, 0.15) is 11.3 Å². The summed E-state index contributed by atoms with van der Waals surface area (Å²) in [5, 5.41) is 10.3. The fraction of sp³-hybridized carbons (Fsp3) is 0. The summed E-state index contributed by atoms with van der Waals surface area (Å²) in [6.07, 6.45) is 3.22. The van der Waals surface area contributed by atoms with Crippen molar-refractivity contribution < 1.29 is 34.0 Å². The third kappa shape index (κ3) is 4.69. The van der Waals surface area contributed by atoms with Gasteiger partial charge in [0.15, 0.2) is 0 Å². The number of halogens is 2. The van der Waals surface area contributed by atoms with E-state index in [0.29, 0.717) is 11.2 Å². The maximum atomic E-state index is 13.2. The van der Waals surface area contributed by atoms with Gasteiger partial charge in [-0.25, -0.2) is 0 Å². The van der Waals surface area contributed by atoms with Crippen molar-refractivity contribution in [2.24, 2.45) is 0 Å². The Kier molecular flexibility index (Phi) is 6.89. The monoisotopic (exact) mass is 528 g/mol. The van der Waals surface area contributed by atoms with Gasteiger partial charge in [0.05, 0.1) is 0 Å². The second-order valence-electron chi connectivity index (χ2n) is 5.11. The topological polar surface area (TPSA) is 46.0 Å². The minimum absolute atomic E-state index is 0. The Morgan fingerprint density at radius 1 is 0.885 bits per heavy atom. The number of phenolic OH excluding ortho intramolecular Hbond substituents is 1. The van der Waals surface area contributed by atoms with Crippen molar-refractivity contribution in [1.82, 2.24) is 9.97 Å². The number of fused-ring (bicyclic) bond motifs is 1. The molecule has 3 nitrogen and oxygen atoms in total. The first kappa shape index (κ1) is 19.6. The molecule has 0 aliphatic carbocycles. The van der Waals surface area contributed by atoms with Crippen molar-refractivity contribution in [3.8, 4) is 17.0 Å². The normalized spacial score (nSPS) is 9.77. The van der Waals surface area contributed by atoms with Crippen LogP contribution in [0.2, 0.25) is 0 Å². The summed E-state index contributed by atoms with van der Waals surface area (Å²) in [5.41, 5.74) is 1.30. The Labute approximate surface area is 162 Å². The third-order valence-corrected chi connectivity index (χ3v) is 3.39. The summed E-state index contributed by atoms with van der Waals surface area (Å²) >= 11 is 0. The summed E-state index contributed by atoms with van der Waals surface area (Å²) in [6.45, 7) is 0. The third-order valence-electron chi connectivity index (χ3n) is 3.39. The first-order valence-corrected chi connectivity index (χ1v) is 7.46. The van der Waals surface area contributed by atoms with Crippen molar-refractivity contribution in [2.45, 2.75) is 0 Å². The first-order chi connectivity index (χ1) is 12.1. The van der Waals surface area contributed by atoms with Crippen LogP contribution in [0.3, 0.4) is 0 Å². The van der Waals surface area contributed by atoms with E-state index in [1.165, 1.54) is 0 Å². The molecule has 0 spiro atoms. The Morgan fingerprint density at radius 3 is 2.35 bits per heavy atom. The average Bonchev–Trinajstić information content (AvgIpc) is 2.63. The molecule has 0 bridgehead atoms. The molecule has 2 aromatic carbocycles. The number of hydrogen-bond acceptors (Lipinski definition) is 3. The van der Waals surface area contributed by atoms with Gasteiger partial charge in [-0.05, 0) is 23.9 Å². The second kappa shape index (κ2) is 9.13. The van der Waals surface area contributed by atoms with Crippen LogP contribution in [0.25, 0.3) is 22.2 Å². The zero-order valence-electron chi connectivity index (χ0n) is 13.4. The van der Waals surface area contributed by atoms with Crippen LogP contribution in [0.15, 0.2) is 73.1 Å². The van der Waals surface area contributed by atoms with E-state index in [0.717, 1.165) is 17.5 Å². The number of aromatic hydroxyl groups is 1. The minimum Gasteiger partial charge on any atom is -0.506 e. The van der Waals surface area contributed by atoms with Gasteiger partial charge in [0, 0.05) is 49.5 Å². The van der Waals surface area contributed by atoms with Crippen LogP contribution in [0.1, 0.15) is 0 Å². The molecule has 2 aromatic heterocycles. The van der Waals surface area contributed by atoms with E-state index in [1.807, 2.05) is 18.2 Å². The van der Waals surface area contributed by atoms with Gasteiger partial charge >= 0.3 is 0 Å². The Hall–Kier alpha value is -2.69. The van der Waals surface area contributed by atoms with Gasteiger partial charge in [-0.1, -0.05) is 42.0 Å². The predicted molar refractivity (Wildman–Crippen MR) is 91.8 cm³/mol. The fourth-order valence-electron chi connectivity index (χ4n) is 2.24. The van der Waals surface area contributed by atoms with E-state index in [2.05, 4.69) is 16.0 Å². The van der Waals surface area contributed by atoms with Gasteiger partial charge in [-0.2, -0.15) is 0 Å². The molecular formula is C20H13F2IrN2O-. The smallest absolute Gasteiger partial charge is 0.141 e. The fourth-order valence-corrected chi connectivity index (χ4v) is 2.24. The van der Waals surface area contributed by atoms with Crippen LogP contribution < -0.4 is 0 Å². The van der Waals surface area contributed by atoms with Crippen LogP contribution >= 0.6 is 0 Å². The molecule has 6 heteroatoms. The van der Waals surface area contributed by atoms with Gasteiger partial charge in [0.2, 0.25) is 0 Å². The maximum Gasteiger partial charge on any atom is 0.141 e. The molecule has 0 fully saturated rings. The number of aromatic nitrogens is 2. The van der Waals surface area contributed by atoms with Gasteiger partial charge in [-0.3, -0.25) is 13.8 Å². The molecule has 4 aromatic rings. The van der Waals surface area contributed by atoms with Gasteiger partial charge < -0.3 is 10.1 Å². The number of benzene rings is 2. The molecule has 26 heavy (non-hydrogen) atoms. The number of para-hydroxylation sites is 1. The molecule has 133 valence electrons. The van der Waals surface area contributed by atoms with E-state index in [-0.39, 0.29) is 31.4 Å². The number of phenols is 1. The molecule has 0 aliphatic rings. The van der Waals surface area contributed by atoms with Crippen LogP contribution in [-0.4, -0.2) is 15.1 Å². The second-order valence-corrected chi connectivity index (χ2v) is 5.11. The Bertz CT molecular complexity index is 992. The van der Waals surface area contributed by atoms with E-state index in [4.69, 9.17) is 0 Å². The quantitative estimate of drug-likeness (QED) is 0.363. The average molecular weight is 528 g/mol. The van der Waals surface area contributed by atoms with Crippen LogP contribution in [0, 0.1) is 17.7 Å². The van der Waals surface area contributed by atoms with Crippen molar-refractivity contribution in [3.05, 3.63) is 90.8 Å². The summed E-state index contributed by atoms with van der Waals surface area (Å²) < 4.78 is 25.8. The molecular weight excluding hydrogens is 514 g/mol. The standard InChI is InChI=1S/C11H6F2N.C9H7NO.Ir/c12-8-4-5-9(10(13)7-8)11-3-1-2-6-14-11;11-8-5-1-3-7-4-2-6-10-9(7)8;/h1-4,6-7H;1-6,11H;/q-1;;. The zero-order valence-corrected chi connectivity index (χ0v) is 15.8. The van der Waals surface area contributed by atoms with E-state index in [1.54, 1.807) is 42.7 Å². The van der Waals surface area contributed by atoms with Gasteiger partial charge in [-0.15, -0.1) is 12.1 Å². The minimum atomic E-state index is -0.649. The predicted octanol–water partition coefficient (Wildman–Crippen LogP) is 4.76. The van der Waals surface area contributed by atoms with Crippen molar-refractivity contribution in [3.63, 3.8) is 0 Å². The first-order valence-electron chi connectivity index (χ1n) is 7.46. The summed E-state index contributed by atoms with van der Waals surface area (Å²) in [5.74, 6) is -1.05. The van der Waals surface area contributed by atoms with Crippen LogP contribution in [0.5, 0.6) is 5.75 Å². The summed E-state index contributed by atoms with van der Waals surface area (Å²) in [7, 11) is 0. The van der Waals surface area contributed by atoms with Crippen molar-refractivity contribution in [2.75, 3.05) is 0 Å². The van der Waals surface area contributed by atoms with Crippen molar-refractivity contribution >= 4 is 10.9 Å². The zero-order chi connectivity index (χ0) is 17.6. The number of rotatable bonds is 1. The molecule has 0 amide bonds. The van der Waals surface area contributed by atoms with Crippen LogP contribution in [0.4, 0.5) is 8.78 Å². The molecule has 0 saturated heterocycles. The maximum absolute atomic E-state index is 13.2. The summed E-state index contributed by atoms with van der Waals surface area (Å²) in [6, 6.07) is 18.7. The molecule has 4 rings (SSSR count). The summed E-state index contributed by atoms with van der Waals surface area (Å²) in [4.78, 5) is 7.98. The number of hydrogen-bond donors (Lipinski definition) is 1. The van der Waals surface area contributed by atoms with Crippen molar-refractivity contribution in [1.29, 1.82) is 0 Å². The molecule has 0 aliphatic heterocycles. The number of pyridine rings is 2. The van der Waals surface area contributed by atoms with Gasteiger partial charge in [0.25, 0.3) is 0 Å². The van der Waals surface area contributed by atoms with E-state index in [9.17, 15) is 13.9 Å². The molecule has 1 N–H and O–H groups in total. The Balaban J connectivity index is 0.000000184. The number of nitrogens with zero attached hydrogens (tertiary/aromatic N) is 2. The molecule has 0 saturated carbocycles. The SMILES string of the molecule is Fc1c[c-]c(-c2ccccn2)c(F)c1.Oc1cccc2cccnc12.[Ir].